The molecular weight excluding hydrogens is 304 g/mol. The first-order valence-electron chi connectivity index (χ1n) is 9.39. The highest BCUT2D eigenvalue weighted by Gasteiger charge is 2.19. The summed E-state index contributed by atoms with van der Waals surface area (Å²) in [4.78, 5) is 14.0. The maximum absolute atomic E-state index is 12.3. The lowest BCUT2D eigenvalue weighted by Gasteiger charge is -2.23. The molecule has 1 saturated heterocycles. The van der Waals surface area contributed by atoms with E-state index in [0.717, 1.165) is 38.0 Å². The van der Waals surface area contributed by atoms with Gasteiger partial charge in [0.1, 0.15) is 0 Å². The third-order valence-corrected chi connectivity index (χ3v) is 5.14. The highest BCUT2D eigenvalue weighted by atomic mass is 16.5. The van der Waals surface area contributed by atoms with E-state index in [1.54, 1.807) is 4.90 Å². The molecule has 2 N–H and O–H groups in total. The number of H-pyrrole nitrogens is 1. The van der Waals surface area contributed by atoms with Crippen LogP contribution in [0.25, 0.3) is 0 Å². The Morgan fingerprint density at radius 1 is 1.29 bits per heavy atom. The van der Waals surface area contributed by atoms with Gasteiger partial charge in [0.15, 0.2) is 0 Å². The smallest absolute Gasteiger partial charge is 0.317 e. The number of amides is 2. The zero-order valence-corrected chi connectivity index (χ0v) is 14.8. The lowest BCUT2D eigenvalue weighted by Crippen LogP contribution is -2.38. The lowest BCUT2D eigenvalue weighted by molar-refractivity contribution is 0.0118. The number of carbonyl (C=O) groups is 1. The summed E-state index contributed by atoms with van der Waals surface area (Å²) in [6, 6.07) is -0.0313. The summed E-state index contributed by atoms with van der Waals surface area (Å²) >= 11 is 0. The molecule has 6 heteroatoms. The molecule has 2 aliphatic rings. The first-order chi connectivity index (χ1) is 11.7. The van der Waals surface area contributed by atoms with Gasteiger partial charge in [0.2, 0.25) is 0 Å². The van der Waals surface area contributed by atoms with Crippen LogP contribution in [0.2, 0.25) is 0 Å². The van der Waals surface area contributed by atoms with Gasteiger partial charge in [0.25, 0.3) is 0 Å². The molecule has 0 aromatic carbocycles. The molecule has 3 rings (SSSR count). The maximum Gasteiger partial charge on any atom is 0.317 e. The fourth-order valence-electron chi connectivity index (χ4n) is 3.66. The first kappa shape index (κ1) is 17.3. The number of aromatic nitrogens is 2. The Labute approximate surface area is 144 Å². The Kier molecular flexibility index (Phi) is 6.12. The van der Waals surface area contributed by atoms with Crippen LogP contribution in [0.4, 0.5) is 4.79 Å². The predicted molar refractivity (Wildman–Crippen MR) is 92.9 cm³/mol. The number of urea groups is 1. The highest BCUT2D eigenvalue weighted by Crippen LogP contribution is 2.22. The van der Waals surface area contributed by atoms with Gasteiger partial charge in [-0.2, -0.15) is 5.10 Å². The quantitative estimate of drug-likeness (QED) is 0.814. The molecule has 1 fully saturated rings. The third-order valence-electron chi connectivity index (χ3n) is 5.14. The molecule has 0 spiro atoms. The Bertz CT molecular complexity index is 537. The monoisotopic (exact) mass is 334 g/mol. The SMILES string of the molecule is CN(Cc1n[nH]c2c1CCCCC2)C(=O)NCC[C@H]1CCCCO1. The predicted octanol–water partition coefficient (Wildman–Crippen LogP) is 2.78. The molecule has 24 heavy (non-hydrogen) atoms. The van der Waals surface area contributed by atoms with Crippen LogP contribution in [0.5, 0.6) is 0 Å². The zero-order valence-electron chi connectivity index (χ0n) is 14.8. The van der Waals surface area contributed by atoms with Crippen molar-refractivity contribution >= 4 is 6.03 Å². The Balaban J connectivity index is 1.45. The summed E-state index contributed by atoms with van der Waals surface area (Å²) in [7, 11) is 1.84. The van der Waals surface area contributed by atoms with Gasteiger partial charge in [0, 0.05) is 25.9 Å². The van der Waals surface area contributed by atoms with Crippen LogP contribution in [0, 0.1) is 0 Å². The molecule has 2 amide bonds. The van der Waals surface area contributed by atoms with Crippen LogP contribution >= 0.6 is 0 Å². The number of hydrogen-bond acceptors (Lipinski definition) is 3. The fourth-order valence-corrected chi connectivity index (χ4v) is 3.66. The van der Waals surface area contributed by atoms with Crippen LogP contribution in [-0.2, 0) is 24.1 Å². The molecular formula is C18H30N4O2. The van der Waals surface area contributed by atoms with E-state index in [2.05, 4.69) is 15.5 Å². The zero-order chi connectivity index (χ0) is 16.8. The molecule has 1 aliphatic carbocycles. The number of hydrogen-bond donors (Lipinski definition) is 2. The first-order valence-corrected chi connectivity index (χ1v) is 9.39. The minimum Gasteiger partial charge on any atom is -0.378 e. The molecule has 134 valence electrons. The van der Waals surface area contributed by atoms with Crippen molar-refractivity contribution in [2.45, 2.75) is 70.4 Å². The van der Waals surface area contributed by atoms with Gasteiger partial charge in [-0.3, -0.25) is 5.10 Å². The Hall–Kier alpha value is -1.56. The van der Waals surface area contributed by atoms with Crippen LogP contribution < -0.4 is 5.32 Å². The summed E-state index contributed by atoms with van der Waals surface area (Å²) in [6.07, 6.45) is 10.6. The van der Waals surface area contributed by atoms with Gasteiger partial charge in [-0.1, -0.05) is 6.42 Å². The van der Waals surface area contributed by atoms with E-state index in [0.29, 0.717) is 19.2 Å². The minimum atomic E-state index is -0.0313. The third kappa shape index (κ3) is 4.50. The number of ether oxygens (including phenoxy) is 1. The molecule has 0 saturated carbocycles. The molecule has 0 bridgehead atoms. The van der Waals surface area contributed by atoms with Crippen LogP contribution in [0.3, 0.4) is 0 Å². The average molecular weight is 334 g/mol. The molecule has 1 aromatic rings. The highest BCUT2D eigenvalue weighted by molar-refractivity contribution is 5.73. The summed E-state index contributed by atoms with van der Waals surface area (Å²) in [5.74, 6) is 0. The lowest BCUT2D eigenvalue weighted by atomic mass is 10.1. The second-order valence-electron chi connectivity index (χ2n) is 7.05. The second kappa shape index (κ2) is 8.51. The molecule has 1 aliphatic heterocycles. The molecule has 0 radical (unpaired) electrons. The average Bonchev–Trinajstić information content (AvgIpc) is 2.82. The fraction of sp³-hybridized carbons (Fsp3) is 0.778. The number of aromatic amines is 1. The number of nitrogens with one attached hydrogen (secondary N) is 2. The van der Waals surface area contributed by atoms with E-state index < -0.39 is 0 Å². The summed E-state index contributed by atoms with van der Waals surface area (Å²) in [5, 5.41) is 10.6. The summed E-state index contributed by atoms with van der Waals surface area (Å²) in [5.41, 5.74) is 3.63. The number of carbonyl (C=O) groups excluding carboxylic acids is 1. The van der Waals surface area contributed by atoms with Gasteiger partial charge in [-0.25, -0.2) is 4.79 Å². The van der Waals surface area contributed by atoms with E-state index in [1.165, 1.54) is 43.4 Å². The molecule has 1 atom stereocenters. The number of rotatable bonds is 5. The van der Waals surface area contributed by atoms with Crippen LogP contribution in [-0.4, -0.2) is 47.4 Å². The van der Waals surface area contributed by atoms with E-state index in [-0.39, 0.29) is 6.03 Å². The second-order valence-corrected chi connectivity index (χ2v) is 7.05. The van der Waals surface area contributed by atoms with Crippen molar-refractivity contribution in [1.82, 2.24) is 20.4 Å². The minimum absolute atomic E-state index is 0.0313. The van der Waals surface area contributed by atoms with Crippen molar-refractivity contribution in [3.8, 4) is 0 Å². The van der Waals surface area contributed by atoms with Gasteiger partial charge >= 0.3 is 6.03 Å². The van der Waals surface area contributed by atoms with Crippen LogP contribution in [0.15, 0.2) is 0 Å². The van der Waals surface area contributed by atoms with E-state index in [1.807, 2.05) is 7.05 Å². The maximum atomic E-state index is 12.3. The molecule has 6 nitrogen and oxygen atoms in total. The number of nitrogens with zero attached hydrogens (tertiary/aromatic N) is 2. The standard InChI is InChI=1S/C18H30N4O2/c1-22(18(23)19-11-10-14-7-5-6-12-24-14)13-17-15-8-3-2-4-9-16(15)20-21-17/h14H,2-13H2,1H3,(H,19,23)(H,20,21)/t14-/m1/s1. The van der Waals surface area contributed by atoms with Gasteiger partial charge in [-0.15, -0.1) is 0 Å². The molecule has 0 unspecified atom stereocenters. The van der Waals surface area contributed by atoms with Crippen molar-refractivity contribution < 1.29 is 9.53 Å². The van der Waals surface area contributed by atoms with Crippen LogP contribution in [0.1, 0.15) is 61.9 Å². The van der Waals surface area contributed by atoms with E-state index >= 15 is 0 Å². The van der Waals surface area contributed by atoms with Crippen molar-refractivity contribution in [1.29, 1.82) is 0 Å². The Morgan fingerprint density at radius 3 is 3.00 bits per heavy atom. The normalized spacial score (nSPS) is 21.0. The van der Waals surface area contributed by atoms with Crippen molar-refractivity contribution in [2.24, 2.45) is 0 Å². The number of aryl methyl sites for hydroxylation is 1. The largest absolute Gasteiger partial charge is 0.378 e. The summed E-state index contributed by atoms with van der Waals surface area (Å²) < 4.78 is 5.70. The van der Waals surface area contributed by atoms with Gasteiger partial charge in [0.05, 0.1) is 18.3 Å². The topological polar surface area (TPSA) is 70.2 Å². The van der Waals surface area contributed by atoms with Crippen molar-refractivity contribution in [2.75, 3.05) is 20.2 Å². The van der Waals surface area contributed by atoms with E-state index in [4.69, 9.17) is 4.74 Å². The number of fused-ring (bicyclic) bond motifs is 1. The Morgan fingerprint density at radius 2 is 2.17 bits per heavy atom. The molecule has 1 aromatic heterocycles. The van der Waals surface area contributed by atoms with Crippen molar-refractivity contribution in [3.63, 3.8) is 0 Å². The van der Waals surface area contributed by atoms with E-state index in [9.17, 15) is 4.79 Å². The molecule has 2 heterocycles. The van der Waals surface area contributed by atoms with Crippen molar-refractivity contribution in [3.05, 3.63) is 17.0 Å². The summed E-state index contributed by atoms with van der Waals surface area (Å²) in [6.45, 7) is 2.10. The van der Waals surface area contributed by atoms with Gasteiger partial charge in [-0.05, 0) is 56.9 Å². The van der Waals surface area contributed by atoms with Gasteiger partial charge < -0.3 is 15.0 Å².